The highest BCUT2D eigenvalue weighted by Gasteiger charge is 2.10. The predicted octanol–water partition coefficient (Wildman–Crippen LogP) is 2.73. The van der Waals surface area contributed by atoms with Crippen LogP contribution in [0.25, 0.3) is 0 Å². The number of pyridine rings is 1. The average molecular weight is 296 g/mol. The molecule has 2 rings (SSSR count). The Hall–Kier alpha value is -2.15. The molecule has 2 aromatic heterocycles. The van der Waals surface area contributed by atoms with Gasteiger partial charge in [-0.15, -0.1) is 0 Å². The molecule has 2 aromatic rings. The van der Waals surface area contributed by atoms with Gasteiger partial charge in [-0.3, -0.25) is 10.1 Å². The van der Waals surface area contributed by atoms with Crippen molar-refractivity contribution in [1.29, 1.82) is 0 Å². The highest BCUT2D eigenvalue weighted by Crippen LogP contribution is 2.23. The number of imidazole rings is 1. The number of nitro groups is 1. The minimum Gasteiger partial charge on any atom is -0.369 e. The summed E-state index contributed by atoms with van der Waals surface area (Å²) in [7, 11) is 0. The standard InChI is InChI=1S/C12H14ClN5O2/c13-11-7-10(18(19)20)8-16-12(11)15-3-1-2-5-17-6-4-14-9-17/h4,6-9H,1-3,5H2,(H,15,16). The third-order valence-electron chi connectivity index (χ3n) is 2.73. The predicted molar refractivity (Wildman–Crippen MR) is 75.9 cm³/mol. The number of nitrogens with one attached hydrogen (secondary N) is 1. The third-order valence-corrected chi connectivity index (χ3v) is 3.02. The highest BCUT2D eigenvalue weighted by molar-refractivity contribution is 6.33. The van der Waals surface area contributed by atoms with Crippen molar-refractivity contribution in [3.05, 3.63) is 46.1 Å². The Morgan fingerprint density at radius 1 is 1.45 bits per heavy atom. The summed E-state index contributed by atoms with van der Waals surface area (Å²) in [5.74, 6) is 0.472. The molecule has 0 atom stereocenters. The van der Waals surface area contributed by atoms with E-state index < -0.39 is 4.92 Å². The van der Waals surface area contributed by atoms with Gasteiger partial charge in [0.05, 0.1) is 16.3 Å². The Labute approximate surface area is 120 Å². The molecule has 106 valence electrons. The molecule has 0 aliphatic carbocycles. The van der Waals surface area contributed by atoms with Crippen LogP contribution in [0.4, 0.5) is 11.5 Å². The van der Waals surface area contributed by atoms with Crippen LogP contribution in [0.3, 0.4) is 0 Å². The molecule has 0 aliphatic heterocycles. The normalized spacial score (nSPS) is 10.4. The maximum atomic E-state index is 10.6. The summed E-state index contributed by atoms with van der Waals surface area (Å²) in [6.07, 6.45) is 8.57. The average Bonchev–Trinajstić information content (AvgIpc) is 2.93. The van der Waals surface area contributed by atoms with E-state index in [2.05, 4.69) is 15.3 Å². The molecule has 0 aromatic carbocycles. The molecule has 0 spiro atoms. The molecule has 0 unspecified atom stereocenters. The molecule has 0 saturated carbocycles. The fourth-order valence-electron chi connectivity index (χ4n) is 1.70. The lowest BCUT2D eigenvalue weighted by Gasteiger charge is -2.07. The Bertz CT molecular complexity index is 573. The van der Waals surface area contributed by atoms with E-state index in [1.807, 2.05) is 10.8 Å². The molecule has 7 nitrogen and oxygen atoms in total. The number of rotatable bonds is 7. The number of anilines is 1. The van der Waals surface area contributed by atoms with Crippen LogP contribution in [0.15, 0.2) is 31.0 Å². The Kier molecular flexibility index (Phi) is 4.89. The summed E-state index contributed by atoms with van der Waals surface area (Å²) in [5, 5.41) is 13.9. The SMILES string of the molecule is O=[N+]([O-])c1cnc(NCCCCn2ccnc2)c(Cl)c1. The lowest BCUT2D eigenvalue weighted by molar-refractivity contribution is -0.385. The van der Waals surface area contributed by atoms with Crippen LogP contribution in [0.2, 0.25) is 5.02 Å². The maximum Gasteiger partial charge on any atom is 0.289 e. The van der Waals surface area contributed by atoms with Crippen LogP contribution < -0.4 is 5.32 Å². The number of halogens is 1. The van der Waals surface area contributed by atoms with E-state index >= 15 is 0 Å². The van der Waals surface area contributed by atoms with Crippen molar-refractivity contribution in [2.24, 2.45) is 0 Å². The quantitative estimate of drug-likeness (QED) is 0.482. The topological polar surface area (TPSA) is 85.9 Å². The largest absolute Gasteiger partial charge is 0.369 e. The Balaban J connectivity index is 1.75. The molecular weight excluding hydrogens is 282 g/mol. The van der Waals surface area contributed by atoms with E-state index in [9.17, 15) is 10.1 Å². The number of nitrogens with zero attached hydrogens (tertiary/aromatic N) is 4. The van der Waals surface area contributed by atoms with E-state index in [1.54, 1.807) is 12.5 Å². The molecule has 0 radical (unpaired) electrons. The third kappa shape index (κ3) is 3.92. The van der Waals surface area contributed by atoms with Gasteiger partial charge in [0.1, 0.15) is 12.0 Å². The zero-order valence-corrected chi connectivity index (χ0v) is 11.5. The number of hydrogen-bond donors (Lipinski definition) is 1. The number of aryl methyl sites for hydroxylation is 1. The van der Waals surface area contributed by atoms with E-state index in [0.29, 0.717) is 12.4 Å². The molecule has 20 heavy (non-hydrogen) atoms. The molecule has 0 aliphatic rings. The second-order valence-electron chi connectivity index (χ2n) is 4.22. The first-order valence-corrected chi connectivity index (χ1v) is 6.54. The van der Waals surface area contributed by atoms with E-state index in [4.69, 9.17) is 11.6 Å². The summed E-state index contributed by atoms with van der Waals surface area (Å²) >= 11 is 5.93. The summed E-state index contributed by atoms with van der Waals surface area (Å²) in [6, 6.07) is 1.29. The molecule has 1 N–H and O–H groups in total. The van der Waals surface area contributed by atoms with Crippen molar-refractivity contribution >= 4 is 23.1 Å². The van der Waals surface area contributed by atoms with Gasteiger partial charge in [0, 0.05) is 31.5 Å². The van der Waals surface area contributed by atoms with Gasteiger partial charge in [-0.2, -0.15) is 0 Å². The van der Waals surface area contributed by atoms with Crippen molar-refractivity contribution in [1.82, 2.24) is 14.5 Å². The lowest BCUT2D eigenvalue weighted by atomic mass is 10.3. The zero-order chi connectivity index (χ0) is 14.4. The molecule has 0 saturated heterocycles. The van der Waals surface area contributed by atoms with Crippen molar-refractivity contribution in [3.63, 3.8) is 0 Å². The number of aromatic nitrogens is 3. The minimum atomic E-state index is -0.520. The van der Waals surface area contributed by atoms with Gasteiger partial charge < -0.3 is 9.88 Å². The van der Waals surface area contributed by atoms with Crippen molar-refractivity contribution in [3.8, 4) is 0 Å². The fourth-order valence-corrected chi connectivity index (χ4v) is 1.93. The van der Waals surface area contributed by atoms with Gasteiger partial charge in [0.15, 0.2) is 0 Å². The van der Waals surface area contributed by atoms with Crippen LogP contribution >= 0.6 is 11.6 Å². The van der Waals surface area contributed by atoms with Crippen molar-refractivity contribution < 1.29 is 4.92 Å². The van der Waals surface area contributed by atoms with Gasteiger partial charge >= 0.3 is 0 Å². The molecule has 8 heteroatoms. The van der Waals surface area contributed by atoms with Crippen LogP contribution in [0.5, 0.6) is 0 Å². The zero-order valence-electron chi connectivity index (χ0n) is 10.7. The first kappa shape index (κ1) is 14.3. The summed E-state index contributed by atoms with van der Waals surface area (Å²) < 4.78 is 2.01. The van der Waals surface area contributed by atoms with E-state index in [-0.39, 0.29) is 10.7 Å². The lowest BCUT2D eigenvalue weighted by Crippen LogP contribution is -2.06. The van der Waals surface area contributed by atoms with Gasteiger partial charge in [-0.1, -0.05) is 11.6 Å². The Morgan fingerprint density at radius 2 is 2.30 bits per heavy atom. The molecular formula is C12H14ClN5O2. The van der Waals surface area contributed by atoms with Gasteiger partial charge in [-0.05, 0) is 12.8 Å². The number of hydrogen-bond acceptors (Lipinski definition) is 5. The van der Waals surface area contributed by atoms with Gasteiger partial charge in [0.2, 0.25) is 0 Å². The second kappa shape index (κ2) is 6.85. The molecule has 0 bridgehead atoms. The molecule has 2 heterocycles. The monoisotopic (exact) mass is 295 g/mol. The highest BCUT2D eigenvalue weighted by atomic mass is 35.5. The molecule has 0 fully saturated rings. The van der Waals surface area contributed by atoms with Crippen LogP contribution in [-0.2, 0) is 6.54 Å². The summed E-state index contributed by atoms with van der Waals surface area (Å²) in [5.41, 5.74) is -0.111. The second-order valence-corrected chi connectivity index (χ2v) is 4.62. The molecule has 0 amide bonds. The number of unbranched alkanes of at least 4 members (excludes halogenated alkanes) is 1. The first-order chi connectivity index (χ1) is 9.66. The Morgan fingerprint density at radius 3 is 2.95 bits per heavy atom. The van der Waals surface area contributed by atoms with Crippen molar-refractivity contribution in [2.45, 2.75) is 19.4 Å². The van der Waals surface area contributed by atoms with Gasteiger partial charge in [-0.25, -0.2) is 9.97 Å². The van der Waals surface area contributed by atoms with Gasteiger partial charge in [0.25, 0.3) is 5.69 Å². The van der Waals surface area contributed by atoms with E-state index in [1.165, 1.54) is 12.3 Å². The van der Waals surface area contributed by atoms with Crippen LogP contribution in [0.1, 0.15) is 12.8 Å². The summed E-state index contributed by atoms with van der Waals surface area (Å²) in [4.78, 5) is 17.9. The summed E-state index contributed by atoms with van der Waals surface area (Å²) in [6.45, 7) is 1.61. The van der Waals surface area contributed by atoms with Crippen molar-refractivity contribution in [2.75, 3.05) is 11.9 Å². The van der Waals surface area contributed by atoms with Crippen LogP contribution in [-0.4, -0.2) is 26.0 Å². The first-order valence-electron chi connectivity index (χ1n) is 6.16. The van der Waals surface area contributed by atoms with E-state index in [0.717, 1.165) is 19.4 Å². The minimum absolute atomic E-state index is 0.111. The maximum absolute atomic E-state index is 10.6. The van der Waals surface area contributed by atoms with Crippen LogP contribution in [0, 0.1) is 10.1 Å². The fraction of sp³-hybridized carbons (Fsp3) is 0.333. The smallest absolute Gasteiger partial charge is 0.289 e.